The number of ether oxygens (including phenoxy) is 2. The molecule has 1 amide bonds. The molecule has 1 unspecified atom stereocenters. The van der Waals surface area contributed by atoms with Crippen molar-refractivity contribution >= 4 is 34.8 Å². The molecule has 2 aromatic rings. The molecule has 1 heterocycles. The molecule has 3 rings (SSSR count). The van der Waals surface area contributed by atoms with Crippen molar-refractivity contribution in [2.75, 3.05) is 12.8 Å². The summed E-state index contributed by atoms with van der Waals surface area (Å²) in [5, 5.41) is 0.552. The molecule has 120 valence electrons. The summed E-state index contributed by atoms with van der Waals surface area (Å²) < 4.78 is 11.1. The SMILES string of the molecule is COc1cccc2c1C(=O)NNC2Oc1c(Cl)cc(N)cc1Cl. The Labute approximate surface area is 142 Å². The third-order valence-electron chi connectivity index (χ3n) is 3.36. The van der Waals surface area contributed by atoms with Crippen molar-refractivity contribution < 1.29 is 14.3 Å². The Hall–Kier alpha value is -2.15. The van der Waals surface area contributed by atoms with Crippen LogP contribution in [-0.2, 0) is 0 Å². The molecule has 0 saturated heterocycles. The second kappa shape index (κ2) is 6.16. The van der Waals surface area contributed by atoms with Gasteiger partial charge in [0.1, 0.15) is 5.75 Å². The van der Waals surface area contributed by atoms with E-state index in [2.05, 4.69) is 10.9 Å². The predicted molar refractivity (Wildman–Crippen MR) is 87.8 cm³/mol. The Morgan fingerprint density at radius 2 is 1.91 bits per heavy atom. The summed E-state index contributed by atoms with van der Waals surface area (Å²) in [6.45, 7) is 0. The maximum atomic E-state index is 12.1. The zero-order valence-electron chi connectivity index (χ0n) is 12.0. The molecule has 0 spiro atoms. The second-order valence-electron chi connectivity index (χ2n) is 4.83. The number of nitrogens with one attached hydrogen (secondary N) is 2. The number of hydrogen-bond acceptors (Lipinski definition) is 5. The van der Waals surface area contributed by atoms with E-state index in [1.165, 1.54) is 19.2 Å². The molecule has 8 heteroatoms. The number of hydrazine groups is 1. The molecule has 1 aliphatic heterocycles. The van der Waals surface area contributed by atoms with E-state index in [4.69, 9.17) is 38.4 Å². The Morgan fingerprint density at radius 1 is 1.22 bits per heavy atom. The molecule has 1 atom stereocenters. The highest BCUT2D eigenvalue weighted by atomic mass is 35.5. The van der Waals surface area contributed by atoms with Gasteiger partial charge < -0.3 is 15.2 Å². The lowest BCUT2D eigenvalue weighted by Gasteiger charge is -2.28. The fraction of sp³-hybridized carbons (Fsp3) is 0.133. The quantitative estimate of drug-likeness (QED) is 0.738. The van der Waals surface area contributed by atoms with Gasteiger partial charge in [-0.25, -0.2) is 0 Å². The van der Waals surface area contributed by atoms with Crippen molar-refractivity contribution in [2.24, 2.45) is 0 Å². The van der Waals surface area contributed by atoms with Gasteiger partial charge in [-0.1, -0.05) is 35.3 Å². The molecule has 0 fully saturated rings. The molecule has 0 saturated carbocycles. The molecule has 6 nitrogen and oxygen atoms in total. The predicted octanol–water partition coefficient (Wildman–Crippen LogP) is 2.91. The molecule has 0 aromatic heterocycles. The Bertz CT molecular complexity index is 760. The van der Waals surface area contributed by atoms with E-state index in [9.17, 15) is 4.79 Å². The largest absolute Gasteiger partial charge is 0.496 e. The molecular weight excluding hydrogens is 341 g/mol. The van der Waals surface area contributed by atoms with Crippen molar-refractivity contribution in [2.45, 2.75) is 6.23 Å². The van der Waals surface area contributed by atoms with Crippen LogP contribution in [0, 0.1) is 0 Å². The van der Waals surface area contributed by atoms with Gasteiger partial charge in [-0.3, -0.25) is 10.2 Å². The highest BCUT2D eigenvalue weighted by Crippen LogP contribution is 2.39. The van der Waals surface area contributed by atoms with Crippen LogP contribution in [0.3, 0.4) is 0 Å². The first-order valence-electron chi connectivity index (χ1n) is 6.65. The van der Waals surface area contributed by atoms with Gasteiger partial charge in [0.15, 0.2) is 12.0 Å². The number of carbonyl (C=O) groups is 1. The number of methoxy groups -OCH3 is 1. The number of amides is 1. The number of halogens is 2. The zero-order chi connectivity index (χ0) is 16.6. The molecule has 1 aliphatic rings. The monoisotopic (exact) mass is 353 g/mol. The topological polar surface area (TPSA) is 85.6 Å². The maximum Gasteiger partial charge on any atom is 0.269 e. The zero-order valence-corrected chi connectivity index (χ0v) is 13.5. The molecule has 23 heavy (non-hydrogen) atoms. The van der Waals surface area contributed by atoms with Crippen molar-refractivity contribution in [1.82, 2.24) is 10.9 Å². The van der Waals surface area contributed by atoms with E-state index in [1.807, 2.05) is 0 Å². The van der Waals surface area contributed by atoms with Crippen molar-refractivity contribution in [1.29, 1.82) is 0 Å². The fourth-order valence-corrected chi connectivity index (χ4v) is 2.95. The smallest absolute Gasteiger partial charge is 0.269 e. The molecule has 0 bridgehead atoms. The average molecular weight is 354 g/mol. The third-order valence-corrected chi connectivity index (χ3v) is 3.92. The highest BCUT2D eigenvalue weighted by molar-refractivity contribution is 6.37. The van der Waals surface area contributed by atoms with Crippen LogP contribution in [0.5, 0.6) is 11.5 Å². The number of carbonyl (C=O) groups excluding carboxylic acids is 1. The first-order valence-corrected chi connectivity index (χ1v) is 7.40. The summed E-state index contributed by atoms with van der Waals surface area (Å²) in [4.78, 5) is 12.1. The van der Waals surface area contributed by atoms with E-state index < -0.39 is 6.23 Å². The summed E-state index contributed by atoms with van der Waals surface area (Å²) in [6, 6.07) is 8.30. The summed E-state index contributed by atoms with van der Waals surface area (Å²) >= 11 is 12.3. The van der Waals surface area contributed by atoms with Gasteiger partial charge in [-0.15, -0.1) is 0 Å². The fourth-order valence-electron chi connectivity index (χ4n) is 2.35. The van der Waals surface area contributed by atoms with E-state index in [1.54, 1.807) is 18.2 Å². The summed E-state index contributed by atoms with van der Waals surface area (Å²) in [5.74, 6) is 0.404. The maximum absolute atomic E-state index is 12.1. The van der Waals surface area contributed by atoms with Gasteiger partial charge in [-0.05, 0) is 18.2 Å². The van der Waals surface area contributed by atoms with Gasteiger partial charge in [0.05, 0.1) is 22.7 Å². The number of anilines is 1. The van der Waals surface area contributed by atoms with E-state index >= 15 is 0 Å². The van der Waals surface area contributed by atoms with E-state index in [0.29, 0.717) is 22.6 Å². The number of nitrogen functional groups attached to an aromatic ring is 1. The van der Waals surface area contributed by atoms with Crippen LogP contribution in [0.25, 0.3) is 0 Å². The highest BCUT2D eigenvalue weighted by Gasteiger charge is 2.30. The second-order valence-corrected chi connectivity index (χ2v) is 5.65. The first kappa shape index (κ1) is 15.7. The van der Waals surface area contributed by atoms with Gasteiger partial charge in [0, 0.05) is 11.3 Å². The van der Waals surface area contributed by atoms with Crippen LogP contribution in [0.2, 0.25) is 10.0 Å². The Kier molecular flexibility index (Phi) is 4.21. The summed E-state index contributed by atoms with van der Waals surface area (Å²) in [5.41, 5.74) is 12.4. The number of nitrogens with two attached hydrogens (primary N) is 1. The van der Waals surface area contributed by atoms with Crippen molar-refractivity contribution in [3.8, 4) is 11.5 Å². The standard InChI is InChI=1S/C15H13Cl2N3O3/c1-22-11-4-2-3-8-12(11)14(21)19-20-15(8)23-13-9(16)5-7(18)6-10(13)17/h2-6,15,20H,18H2,1H3,(H,19,21). The summed E-state index contributed by atoms with van der Waals surface area (Å²) in [6.07, 6.45) is -0.684. The number of hydrogen-bond donors (Lipinski definition) is 3. The minimum absolute atomic E-state index is 0.268. The molecule has 4 N–H and O–H groups in total. The Balaban J connectivity index is 2.01. The third kappa shape index (κ3) is 2.88. The van der Waals surface area contributed by atoms with Crippen LogP contribution in [0.4, 0.5) is 5.69 Å². The number of fused-ring (bicyclic) bond motifs is 1. The lowest BCUT2D eigenvalue weighted by Crippen LogP contribution is -2.47. The minimum Gasteiger partial charge on any atom is -0.496 e. The lowest BCUT2D eigenvalue weighted by molar-refractivity contribution is 0.0786. The van der Waals surface area contributed by atoms with Crippen LogP contribution < -0.4 is 26.1 Å². The number of rotatable bonds is 3. The molecule has 2 aromatic carbocycles. The van der Waals surface area contributed by atoms with Crippen molar-refractivity contribution in [3.05, 3.63) is 51.5 Å². The van der Waals surface area contributed by atoms with E-state index in [-0.39, 0.29) is 21.7 Å². The number of benzene rings is 2. The summed E-state index contributed by atoms with van der Waals surface area (Å²) in [7, 11) is 1.49. The van der Waals surface area contributed by atoms with Crippen LogP contribution in [0.1, 0.15) is 22.1 Å². The van der Waals surface area contributed by atoms with Crippen LogP contribution in [-0.4, -0.2) is 13.0 Å². The van der Waals surface area contributed by atoms with Gasteiger partial charge in [-0.2, -0.15) is 5.43 Å². The van der Waals surface area contributed by atoms with Gasteiger partial charge in [0.2, 0.25) is 0 Å². The van der Waals surface area contributed by atoms with Gasteiger partial charge >= 0.3 is 0 Å². The molecular formula is C15H13Cl2N3O3. The normalized spacial score (nSPS) is 16.5. The van der Waals surface area contributed by atoms with Crippen molar-refractivity contribution in [3.63, 3.8) is 0 Å². The first-order chi connectivity index (χ1) is 11.0. The lowest BCUT2D eigenvalue weighted by atomic mass is 10.0. The van der Waals surface area contributed by atoms with Crippen LogP contribution in [0.15, 0.2) is 30.3 Å². The molecule has 0 radical (unpaired) electrons. The average Bonchev–Trinajstić information content (AvgIpc) is 2.52. The van der Waals surface area contributed by atoms with Gasteiger partial charge in [0.25, 0.3) is 5.91 Å². The minimum atomic E-state index is -0.684. The molecule has 0 aliphatic carbocycles. The van der Waals surface area contributed by atoms with Crippen LogP contribution >= 0.6 is 23.2 Å². The Morgan fingerprint density at radius 3 is 2.57 bits per heavy atom. The van der Waals surface area contributed by atoms with E-state index in [0.717, 1.165) is 0 Å².